The SMILES string of the molecule is O=C(c1cc(-c2cccc(F)c2)no1)N1CCC[C@]2(C[C@@H](O)[C@H](c3ccccc3)NC2=O)C1. The standard InChI is InChI=1S/C25H24FN3O4/c26-18-9-4-8-17(12-18)19-13-21(33-28-19)23(31)29-11-5-10-25(15-29)14-20(30)22(27-24(25)32)16-6-2-1-3-7-16/h1-4,6-9,12-13,20,22,30H,5,10-11,14-15H2,(H,27,32)/t20-,22+,25+/m1/s1. The Morgan fingerprint density at radius 3 is 2.79 bits per heavy atom. The molecule has 33 heavy (non-hydrogen) atoms. The number of benzene rings is 2. The number of aromatic nitrogens is 1. The summed E-state index contributed by atoms with van der Waals surface area (Å²) >= 11 is 0. The molecule has 3 heterocycles. The highest BCUT2D eigenvalue weighted by atomic mass is 19.1. The predicted octanol–water partition coefficient (Wildman–Crippen LogP) is 3.33. The summed E-state index contributed by atoms with van der Waals surface area (Å²) in [6.07, 6.45) is 0.733. The van der Waals surface area contributed by atoms with Gasteiger partial charge in [0.05, 0.1) is 17.6 Å². The highest BCUT2D eigenvalue weighted by molar-refractivity contribution is 5.93. The van der Waals surface area contributed by atoms with Gasteiger partial charge in [0.15, 0.2) is 0 Å². The van der Waals surface area contributed by atoms with Crippen molar-refractivity contribution in [1.82, 2.24) is 15.4 Å². The zero-order chi connectivity index (χ0) is 23.0. The molecule has 0 saturated carbocycles. The smallest absolute Gasteiger partial charge is 0.292 e. The first-order valence-corrected chi connectivity index (χ1v) is 11.0. The van der Waals surface area contributed by atoms with Crippen LogP contribution < -0.4 is 5.32 Å². The molecular formula is C25H24FN3O4. The van der Waals surface area contributed by atoms with Gasteiger partial charge in [0.1, 0.15) is 11.5 Å². The average Bonchev–Trinajstić information content (AvgIpc) is 3.32. The molecule has 3 atom stereocenters. The van der Waals surface area contributed by atoms with Gasteiger partial charge in [-0.05, 0) is 37.0 Å². The fraction of sp³-hybridized carbons (Fsp3) is 0.320. The number of carbonyl (C=O) groups is 2. The van der Waals surface area contributed by atoms with Crippen molar-refractivity contribution in [3.63, 3.8) is 0 Å². The van der Waals surface area contributed by atoms with Crippen LogP contribution in [0, 0.1) is 11.2 Å². The second kappa shape index (κ2) is 8.44. The van der Waals surface area contributed by atoms with Crippen LogP contribution in [0.15, 0.2) is 65.2 Å². The number of carbonyl (C=O) groups excluding carboxylic acids is 2. The van der Waals surface area contributed by atoms with Crippen molar-refractivity contribution >= 4 is 11.8 Å². The first kappa shape index (κ1) is 21.3. The van der Waals surface area contributed by atoms with Crippen molar-refractivity contribution < 1.29 is 23.6 Å². The van der Waals surface area contributed by atoms with Crippen molar-refractivity contribution in [3.8, 4) is 11.3 Å². The van der Waals surface area contributed by atoms with Crippen LogP contribution in [0.4, 0.5) is 4.39 Å². The summed E-state index contributed by atoms with van der Waals surface area (Å²) in [6.45, 7) is 0.661. The Hall–Kier alpha value is -3.52. The molecule has 2 fully saturated rings. The summed E-state index contributed by atoms with van der Waals surface area (Å²) in [7, 11) is 0. The molecule has 2 aliphatic heterocycles. The third-order valence-corrected chi connectivity index (χ3v) is 6.62. The van der Waals surface area contributed by atoms with Gasteiger partial charge in [-0.1, -0.05) is 47.6 Å². The van der Waals surface area contributed by atoms with E-state index in [1.165, 1.54) is 18.2 Å². The Bertz CT molecular complexity index is 1180. The topological polar surface area (TPSA) is 95.7 Å². The van der Waals surface area contributed by atoms with Crippen molar-refractivity contribution in [2.24, 2.45) is 5.41 Å². The Morgan fingerprint density at radius 2 is 2.00 bits per heavy atom. The monoisotopic (exact) mass is 449 g/mol. The zero-order valence-corrected chi connectivity index (χ0v) is 17.9. The average molecular weight is 449 g/mol. The minimum atomic E-state index is -0.857. The van der Waals surface area contributed by atoms with E-state index in [1.807, 2.05) is 30.3 Å². The number of aliphatic hydroxyl groups excluding tert-OH is 1. The highest BCUT2D eigenvalue weighted by Gasteiger charge is 2.50. The van der Waals surface area contributed by atoms with Gasteiger partial charge in [0, 0.05) is 24.7 Å². The van der Waals surface area contributed by atoms with Gasteiger partial charge in [0.25, 0.3) is 5.91 Å². The normalized spacial score (nSPS) is 25.2. The number of piperidine rings is 2. The second-order valence-corrected chi connectivity index (χ2v) is 8.83. The van der Waals surface area contributed by atoms with E-state index in [1.54, 1.807) is 17.0 Å². The molecule has 1 spiro atoms. The van der Waals surface area contributed by atoms with Gasteiger partial charge in [0.2, 0.25) is 11.7 Å². The lowest BCUT2D eigenvalue weighted by Gasteiger charge is -2.47. The van der Waals surface area contributed by atoms with E-state index in [0.717, 1.165) is 5.56 Å². The molecule has 0 aliphatic carbocycles. The molecule has 170 valence electrons. The molecule has 0 radical (unpaired) electrons. The molecule has 0 bridgehead atoms. The second-order valence-electron chi connectivity index (χ2n) is 8.83. The van der Waals surface area contributed by atoms with Crippen LogP contribution in [0.3, 0.4) is 0 Å². The summed E-state index contributed by atoms with van der Waals surface area (Å²) in [5, 5.41) is 17.8. The van der Waals surface area contributed by atoms with Gasteiger partial charge < -0.3 is 19.8 Å². The quantitative estimate of drug-likeness (QED) is 0.640. The maximum Gasteiger partial charge on any atom is 0.292 e. The fourth-order valence-corrected chi connectivity index (χ4v) is 4.94. The van der Waals surface area contributed by atoms with E-state index >= 15 is 0 Å². The summed E-state index contributed by atoms with van der Waals surface area (Å²) < 4.78 is 18.8. The van der Waals surface area contributed by atoms with Crippen molar-refractivity contribution in [2.45, 2.75) is 31.4 Å². The van der Waals surface area contributed by atoms with Crippen molar-refractivity contribution in [1.29, 1.82) is 0 Å². The fourth-order valence-electron chi connectivity index (χ4n) is 4.94. The number of amides is 2. The third kappa shape index (κ3) is 4.02. The first-order chi connectivity index (χ1) is 15.9. The Labute approximate surface area is 190 Å². The summed E-state index contributed by atoms with van der Waals surface area (Å²) in [5.74, 6) is -0.906. The molecule has 3 aromatic rings. The van der Waals surface area contributed by atoms with Gasteiger partial charge in [-0.25, -0.2) is 4.39 Å². The van der Waals surface area contributed by atoms with Gasteiger partial charge in [-0.3, -0.25) is 9.59 Å². The predicted molar refractivity (Wildman–Crippen MR) is 117 cm³/mol. The van der Waals surface area contributed by atoms with Gasteiger partial charge in [-0.2, -0.15) is 0 Å². The molecule has 2 aromatic carbocycles. The van der Waals surface area contributed by atoms with Crippen LogP contribution in [0.5, 0.6) is 0 Å². The van der Waals surface area contributed by atoms with Gasteiger partial charge in [-0.15, -0.1) is 0 Å². The third-order valence-electron chi connectivity index (χ3n) is 6.62. The number of rotatable bonds is 3. The number of aliphatic hydroxyl groups is 1. The summed E-state index contributed by atoms with van der Waals surface area (Å²) in [5.41, 5.74) is 0.864. The van der Waals surface area contributed by atoms with Crippen molar-refractivity contribution in [2.75, 3.05) is 13.1 Å². The van der Waals surface area contributed by atoms with Crippen molar-refractivity contribution in [3.05, 3.63) is 77.8 Å². The Balaban J connectivity index is 1.33. The Kier molecular flexibility index (Phi) is 5.46. The number of nitrogens with zero attached hydrogens (tertiary/aromatic N) is 2. The van der Waals surface area contributed by atoms with Crippen LogP contribution in [0.1, 0.15) is 41.4 Å². The van der Waals surface area contributed by atoms with Crippen LogP contribution >= 0.6 is 0 Å². The zero-order valence-electron chi connectivity index (χ0n) is 17.9. The number of likely N-dealkylation sites (tertiary alicyclic amines) is 1. The van der Waals surface area contributed by atoms with E-state index < -0.39 is 23.4 Å². The molecule has 5 rings (SSSR count). The van der Waals surface area contributed by atoms with Crippen LogP contribution in [-0.4, -0.2) is 46.2 Å². The van der Waals surface area contributed by atoms with Crippen LogP contribution in [-0.2, 0) is 4.79 Å². The molecule has 7 nitrogen and oxygen atoms in total. The molecule has 2 N–H and O–H groups in total. The minimum absolute atomic E-state index is 0.0326. The highest BCUT2D eigenvalue weighted by Crippen LogP contribution is 2.41. The molecule has 1 aromatic heterocycles. The van der Waals surface area contributed by atoms with E-state index in [-0.39, 0.29) is 30.5 Å². The van der Waals surface area contributed by atoms with Crippen LogP contribution in [0.2, 0.25) is 0 Å². The maximum atomic E-state index is 13.5. The number of hydrogen-bond acceptors (Lipinski definition) is 5. The number of hydrogen-bond donors (Lipinski definition) is 2. The lowest BCUT2D eigenvalue weighted by molar-refractivity contribution is -0.144. The molecular weight excluding hydrogens is 425 g/mol. The lowest BCUT2D eigenvalue weighted by atomic mass is 9.70. The van der Waals surface area contributed by atoms with E-state index in [2.05, 4.69) is 10.5 Å². The maximum absolute atomic E-state index is 13.5. The molecule has 2 aliphatic rings. The summed E-state index contributed by atoms with van der Waals surface area (Å²) in [6, 6.07) is 16.3. The molecule has 0 unspecified atom stereocenters. The Morgan fingerprint density at radius 1 is 1.18 bits per heavy atom. The van der Waals surface area contributed by atoms with E-state index in [9.17, 15) is 19.1 Å². The lowest BCUT2D eigenvalue weighted by Crippen LogP contribution is -2.60. The largest absolute Gasteiger partial charge is 0.391 e. The number of halogens is 1. The van der Waals surface area contributed by atoms with E-state index in [0.29, 0.717) is 30.6 Å². The minimum Gasteiger partial charge on any atom is -0.391 e. The van der Waals surface area contributed by atoms with E-state index in [4.69, 9.17) is 4.52 Å². The first-order valence-electron chi connectivity index (χ1n) is 11.0. The summed E-state index contributed by atoms with van der Waals surface area (Å²) in [4.78, 5) is 27.9. The number of nitrogens with one attached hydrogen (secondary N) is 1. The molecule has 2 amide bonds. The van der Waals surface area contributed by atoms with Gasteiger partial charge >= 0.3 is 0 Å². The van der Waals surface area contributed by atoms with Crippen LogP contribution in [0.25, 0.3) is 11.3 Å². The molecule has 2 saturated heterocycles. The molecule has 8 heteroatoms.